The van der Waals surface area contributed by atoms with Crippen LogP contribution in [0.2, 0.25) is 0 Å². The third-order valence-corrected chi connectivity index (χ3v) is 6.30. The quantitative estimate of drug-likeness (QED) is 0.517. The van der Waals surface area contributed by atoms with Crippen LogP contribution in [-0.4, -0.2) is 30.6 Å². The predicted molar refractivity (Wildman–Crippen MR) is 122 cm³/mol. The van der Waals surface area contributed by atoms with Crippen LogP contribution in [0.1, 0.15) is 22.6 Å². The second-order valence-corrected chi connectivity index (χ2v) is 8.35. The Morgan fingerprint density at radius 3 is 2.50 bits per heavy atom. The Bertz CT molecular complexity index is 1120. The van der Waals surface area contributed by atoms with Crippen molar-refractivity contribution < 1.29 is 19.1 Å². The molecule has 7 nitrogen and oxygen atoms in total. The van der Waals surface area contributed by atoms with Crippen molar-refractivity contribution in [2.75, 3.05) is 18.2 Å². The first-order valence-corrected chi connectivity index (χ1v) is 10.9. The summed E-state index contributed by atoms with van der Waals surface area (Å²) in [5.41, 5.74) is 3.72. The van der Waals surface area contributed by atoms with Crippen molar-refractivity contribution in [2.24, 2.45) is 5.92 Å². The van der Waals surface area contributed by atoms with Crippen molar-refractivity contribution in [1.82, 2.24) is 5.32 Å². The summed E-state index contributed by atoms with van der Waals surface area (Å²) in [4.78, 5) is 37.6. The Labute approximate surface area is 190 Å². The molecule has 8 heteroatoms. The maximum atomic E-state index is 12.8. The van der Waals surface area contributed by atoms with Gasteiger partial charge in [0.2, 0.25) is 11.8 Å². The number of hydrogen-bond donors (Lipinski definition) is 2. The monoisotopic (exact) mass is 449 g/mol. The molecule has 0 unspecified atom stereocenters. The van der Waals surface area contributed by atoms with Crippen LogP contribution >= 0.6 is 11.8 Å². The fourth-order valence-corrected chi connectivity index (χ4v) is 4.34. The average molecular weight is 450 g/mol. The molecule has 1 aliphatic heterocycles. The van der Waals surface area contributed by atoms with Crippen LogP contribution in [-0.2, 0) is 19.1 Å². The van der Waals surface area contributed by atoms with Crippen molar-refractivity contribution in [2.45, 2.75) is 19.8 Å². The number of rotatable bonds is 6. The van der Waals surface area contributed by atoms with Crippen LogP contribution in [0, 0.1) is 31.1 Å². The molecule has 32 heavy (non-hydrogen) atoms. The number of hydrogen-bond acceptors (Lipinski definition) is 6. The topological polar surface area (TPSA) is 108 Å². The summed E-state index contributed by atoms with van der Waals surface area (Å²) in [6, 6.07) is 16.6. The lowest BCUT2D eigenvalue weighted by molar-refractivity contribution is -0.150. The molecule has 0 aliphatic carbocycles. The number of carbonyl (C=O) groups is 3. The van der Waals surface area contributed by atoms with Gasteiger partial charge in [-0.05, 0) is 42.7 Å². The highest BCUT2D eigenvalue weighted by Crippen LogP contribution is 2.40. The van der Waals surface area contributed by atoms with Gasteiger partial charge in [-0.15, -0.1) is 0 Å². The number of aryl methyl sites for hydroxylation is 2. The fraction of sp³-hybridized carbons (Fsp3) is 0.250. The lowest BCUT2D eigenvalue weighted by Gasteiger charge is -2.30. The summed E-state index contributed by atoms with van der Waals surface area (Å²) >= 11 is 1.05. The Kier molecular flexibility index (Phi) is 7.33. The highest BCUT2D eigenvalue weighted by molar-refractivity contribution is 8.03. The molecule has 2 amide bonds. The fourth-order valence-electron chi connectivity index (χ4n) is 3.49. The van der Waals surface area contributed by atoms with E-state index >= 15 is 0 Å². The lowest BCUT2D eigenvalue weighted by atomic mass is 9.78. The van der Waals surface area contributed by atoms with Gasteiger partial charge < -0.3 is 15.4 Å². The first-order chi connectivity index (χ1) is 15.3. The first kappa shape index (κ1) is 23.1. The zero-order chi connectivity index (χ0) is 23.3. The highest BCUT2D eigenvalue weighted by atomic mass is 32.2. The van der Waals surface area contributed by atoms with Crippen molar-refractivity contribution in [3.8, 4) is 6.07 Å². The molecule has 1 heterocycles. The number of anilines is 1. The Balaban J connectivity index is 1.85. The molecule has 0 saturated carbocycles. The zero-order valence-corrected chi connectivity index (χ0v) is 18.8. The SMILES string of the molecule is COC(=O)[C@H]1C(=O)NC(SCC(=O)Nc2ccc(C)c(C)c2)=C(C#N)[C@H]1c1ccccc1. The molecule has 2 atom stereocenters. The Morgan fingerprint density at radius 2 is 1.88 bits per heavy atom. The van der Waals surface area contributed by atoms with Crippen LogP contribution in [0.5, 0.6) is 0 Å². The zero-order valence-electron chi connectivity index (χ0n) is 18.0. The van der Waals surface area contributed by atoms with E-state index in [9.17, 15) is 19.6 Å². The summed E-state index contributed by atoms with van der Waals surface area (Å²) in [7, 11) is 1.20. The van der Waals surface area contributed by atoms with Gasteiger partial charge in [-0.25, -0.2) is 0 Å². The number of esters is 1. The first-order valence-electron chi connectivity index (χ1n) is 9.93. The molecule has 3 rings (SSSR count). The minimum Gasteiger partial charge on any atom is -0.468 e. The van der Waals surface area contributed by atoms with Gasteiger partial charge >= 0.3 is 5.97 Å². The third kappa shape index (κ3) is 5.01. The van der Waals surface area contributed by atoms with E-state index in [0.717, 1.165) is 22.9 Å². The predicted octanol–water partition coefficient (Wildman–Crippen LogP) is 3.41. The number of methoxy groups -OCH3 is 1. The smallest absolute Gasteiger partial charge is 0.319 e. The van der Waals surface area contributed by atoms with E-state index in [-0.39, 0.29) is 22.3 Å². The van der Waals surface area contributed by atoms with Crippen LogP contribution in [0.3, 0.4) is 0 Å². The summed E-state index contributed by atoms with van der Waals surface area (Å²) in [6.07, 6.45) is 0. The van der Waals surface area contributed by atoms with Gasteiger partial charge in [0.05, 0.1) is 29.5 Å². The molecule has 2 aromatic carbocycles. The van der Waals surface area contributed by atoms with E-state index in [1.54, 1.807) is 24.3 Å². The lowest BCUT2D eigenvalue weighted by Crippen LogP contribution is -2.44. The Hall–Kier alpha value is -3.57. The largest absolute Gasteiger partial charge is 0.468 e. The van der Waals surface area contributed by atoms with E-state index in [2.05, 4.69) is 16.7 Å². The van der Waals surface area contributed by atoms with Gasteiger partial charge in [0, 0.05) is 11.6 Å². The van der Waals surface area contributed by atoms with Gasteiger partial charge in [0.1, 0.15) is 5.92 Å². The van der Waals surface area contributed by atoms with Crippen molar-refractivity contribution >= 4 is 35.2 Å². The maximum Gasteiger partial charge on any atom is 0.319 e. The molecule has 0 fully saturated rings. The van der Waals surface area contributed by atoms with E-state index < -0.39 is 23.7 Å². The summed E-state index contributed by atoms with van der Waals surface area (Å²) < 4.78 is 4.82. The molecular formula is C24H23N3O4S. The molecule has 2 aromatic rings. The molecule has 1 aliphatic rings. The number of ether oxygens (including phenoxy) is 1. The van der Waals surface area contributed by atoms with E-state index in [1.807, 2.05) is 38.1 Å². The molecule has 0 radical (unpaired) electrons. The van der Waals surface area contributed by atoms with Crippen LogP contribution in [0.4, 0.5) is 5.69 Å². The van der Waals surface area contributed by atoms with Gasteiger partial charge in [-0.3, -0.25) is 14.4 Å². The van der Waals surface area contributed by atoms with Gasteiger partial charge in [0.25, 0.3) is 0 Å². The second kappa shape index (κ2) is 10.2. The summed E-state index contributed by atoms with van der Waals surface area (Å²) in [5, 5.41) is 15.6. The third-order valence-electron chi connectivity index (χ3n) is 5.28. The summed E-state index contributed by atoms with van der Waals surface area (Å²) in [5.74, 6) is -3.57. The number of nitriles is 1. The number of thioether (sulfide) groups is 1. The number of nitrogens with one attached hydrogen (secondary N) is 2. The molecule has 0 spiro atoms. The molecule has 2 N–H and O–H groups in total. The molecule has 0 aromatic heterocycles. The Morgan fingerprint density at radius 1 is 1.16 bits per heavy atom. The highest BCUT2D eigenvalue weighted by Gasteiger charge is 2.44. The molecule has 164 valence electrons. The minimum atomic E-state index is -1.19. The van der Waals surface area contributed by atoms with Gasteiger partial charge in [-0.2, -0.15) is 5.26 Å². The maximum absolute atomic E-state index is 12.8. The van der Waals surface area contributed by atoms with E-state index in [0.29, 0.717) is 11.3 Å². The average Bonchev–Trinajstić information content (AvgIpc) is 2.79. The molecular weight excluding hydrogens is 426 g/mol. The second-order valence-electron chi connectivity index (χ2n) is 7.37. The molecule has 0 saturated heterocycles. The van der Waals surface area contributed by atoms with Gasteiger partial charge in [0.15, 0.2) is 0 Å². The number of amides is 2. The van der Waals surface area contributed by atoms with Gasteiger partial charge in [-0.1, -0.05) is 48.2 Å². The normalized spacial score (nSPS) is 17.9. The standard InChI is InChI=1S/C24H23N3O4S/c1-14-9-10-17(11-15(14)2)26-19(28)13-32-23-18(12-25)20(16-7-5-4-6-8-16)21(22(29)27-23)24(30)31-3/h4-11,20-21H,13H2,1-3H3,(H,26,28)(H,27,29)/t20-,21-/m1/s1. The number of benzene rings is 2. The number of nitrogens with zero attached hydrogens (tertiary/aromatic N) is 1. The van der Waals surface area contributed by atoms with E-state index in [1.165, 1.54) is 7.11 Å². The number of carbonyl (C=O) groups excluding carboxylic acids is 3. The van der Waals surface area contributed by atoms with Crippen LogP contribution in [0.15, 0.2) is 59.1 Å². The minimum absolute atomic E-state index is 0.0158. The molecule has 0 bridgehead atoms. The van der Waals surface area contributed by atoms with E-state index in [4.69, 9.17) is 4.74 Å². The van der Waals surface area contributed by atoms with Crippen molar-refractivity contribution in [3.63, 3.8) is 0 Å². The van der Waals surface area contributed by atoms with Crippen LogP contribution < -0.4 is 10.6 Å². The number of allylic oxidation sites excluding steroid dienone is 1. The van der Waals surface area contributed by atoms with Crippen LogP contribution in [0.25, 0.3) is 0 Å². The van der Waals surface area contributed by atoms with Crippen molar-refractivity contribution in [1.29, 1.82) is 5.26 Å². The summed E-state index contributed by atoms with van der Waals surface area (Å²) in [6.45, 7) is 3.95. The van der Waals surface area contributed by atoms with Crippen molar-refractivity contribution in [3.05, 3.63) is 75.8 Å².